The maximum Gasteiger partial charge on any atom is 0.0704 e. The second-order valence-electron chi connectivity index (χ2n) is 6.70. The van der Waals surface area contributed by atoms with Gasteiger partial charge < -0.3 is 14.6 Å². The molecular formula is C20H42O3. The standard InChI is InChI=1S/C20H42O3/c1-3-4-5-6-7-8-9-10-11-12-13-14-15-20(2)23-19-18-22-17-16-21/h20-21H,3-19H2,1-2H3. The molecule has 0 aliphatic carbocycles. The third-order valence-corrected chi connectivity index (χ3v) is 4.33. The molecule has 0 aliphatic rings. The highest BCUT2D eigenvalue weighted by Crippen LogP contribution is 2.13. The largest absolute Gasteiger partial charge is 0.394 e. The molecule has 0 radical (unpaired) electrons. The van der Waals surface area contributed by atoms with E-state index in [1.54, 1.807) is 0 Å². The maximum absolute atomic E-state index is 8.59. The van der Waals surface area contributed by atoms with Gasteiger partial charge in [0.05, 0.1) is 32.5 Å². The molecule has 0 heterocycles. The van der Waals surface area contributed by atoms with E-state index in [2.05, 4.69) is 13.8 Å². The van der Waals surface area contributed by atoms with Gasteiger partial charge in [-0.05, 0) is 13.3 Å². The van der Waals surface area contributed by atoms with Crippen LogP contribution in [0.5, 0.6) is 0 Å². The zero-order chi connectivity index (χ0) is 17.0. The van der Waals surface area contributed by atoms with Crippen LogP contribution in [0.2, 0.25) is 0 Å². The molecule has 0 amide bonds. The molecule has 0 saturated carbocycles. The molecule has 140 valence electrons. The molecule has 0 aliphatic heterocycles. The van der Waals surface area contributed by atoms with Crippen molar-refractivity contribution in [3.05, 3.63) is 0 Å². The summed E-state index contributed by atoms with van der Waals surface area (Å²) in [5, 5.41) is 8.59. The van der Waals surface area contributed by atoms with E-state index in [1.807, 2.05) is 0 Å². The summed E-state index contributed by atoms with van der Waals surface area (Å²) in [5.74, 6) is 0. The quantitative estimate of drug-likeness (QED) is 0.318. The molecule has 0 fully saturated rings. The van der Waals surface area contributed by atoms with E-state index in [0.29, 0.717) is 25.9 Å². The topological polar surface area (TPSA) is 38.7 Å². The molecule has 0 rings (SSSR count). The minimum Gasteiger partial charge on any atom is -0.394 e. The van der Waals surface area contributed by atoms with Crippen molar-refractivity contribution in [3.8, 4) is 0 Å². The lowest BCUT2D eigenvalue weighted by Crippen LogP contribution is -2.13. The number of unbranched alkanes of at least 4 members (excludes halogenated alkanes) is 11. The van der Waals surface area contributed by atoms with Crippen molar-refractivity contribution in [2.75, 3.05) is 26.4 Å². The summed E-state index contributed by atoms with van der Waals surface area (Å²) in [4.78, 5) is 0. The monoisotopic (exact) mass is 330 g/mol. The van der Waals surface area contributed by atoms with E-state index in [9.17, 15) is 0 Å². The highest BCUT2D eigenvalue weighted by Gasteiger charge is 2.02. The van der Waals surface area contributed by atoms with Crippen LogP contribution in [0.1, 0.15) is 97.3 Å². The van der Waals surface area contributed by atoms with Crippen molar-refractivity contribution in [2.45, 2.75) is 103 Å². The lowest BCUT2D eigenvalue weighted by molar-refractivity contribution is 0.000782. The van der Waals surface area contributed by atoms with Gasteiger partial charge in [0, 0.05) is 0 Å². The molecule has 23 heavy (non-hydrogen) atoms. The number of hydrogen-bond acceptors (Lipinski definition) is 3. The van der Waals surface area contributed by atoms with Gasteiger partial charge in [0.2, 0.25) is 0 Å². The van der Waals surface area contributed by atoms with Crippen molar-refractivity contribution in [2.24, 2.45) is 0 Å². The fourth-order valence-electron chi connectivity index (χ4n) is 2.83. The number of aliphatic hydroxyl groups excluding tert-OH is 1. The summed E-state index contributed by atoms with van der Waals surface area (Å²) >= 11 is 0. The molecule has 1 N–H and O–H groups in total. The van der Waals surface area contributed by atoms with E-state index < -0.39 is 0 Å². The Labute approximate surface area is 145 Å². The minimum atomic E-state index is 0.0917. The first-order valence-electron chi connectivity index (χ1n) is 10.1. The number of rotatable bonds is 19. The van der Waals surface area contributed by atoms with E-state index in [-0.39, 0.29) is 6.61 Å². The SMILES string of the molecule is CCCCCCCCCCCCCCC(C)OCCOCCO. The van der Waals surface area contributed by atoms with E-state index in [4.69, 9.17) is 14.6 Å². The lowest BCUT2D eigenvalue weighted by Gasteiger charge is -2.12. The second-order valence-corrected chi connectivity index (χ2v) is 6.70. The Hall–Kier alpha value is -0.120. The average molecular weight is 331 g/mol. The molecule has 0 aromatic rings. The van der Waals surface area contributed by atoms with Crippen LogP contribution in [0, 0.1) is 0 Å². The van der Waals surface area contributed by atoms with E-state index in [0.717, 1.165) is 6.42 Å². The van der Waals surface area contributed by atoms with Crippen LogP contribution in [-0.4, -0.2) is 37.6 Å². The molecule has 1 atom stereocenters. The van der Waals surface area contributed by atoms with Gasteiger partial charge in [0.1, 0.15) is 0 Å². The van der Waals surface area contributed by atoms with E-state index >= 15 is 0 Å². The van der Waals surface area contributed by atoms with Crippen LogP contribution < -0.4 is 0 Å². The number of aliphatic hydroxyl groups is 1. The first kappa shape index (κ1) is 22.9. The lowest BCUT2D eigenvalue weighted by atomic mass is 10.0. The minimum absolute atomic E-state index is 0.0917. The summed E-state index contributed by atoms with van der Waals surface area (Å²) in [5.41, 5.74) is 0. The van der Waals surface area contributed by atoms with Gasteiger partial charge in [-0.2, -0.15) is 0 Å². The molecule has 3 heteroatoms. The van der Waals surface area contributed by atoms with Crippen LogP contribution in [0.15, 0.2) is 0 Å². The van der Waals surface area contributed by atoms with Crippen molar-refractivity contribution >= 4 is 0 Å². The summed E-state index contributed by atoms with van der Waals surface area (Å²) in [7, 11) is 0. The van der Waals surface area contributed by atoms with Gasteiger partial charge in [0.25, 0.3) is 0 Å². The molecular weight excluding hydrogens is 288 g/mol. The van der Waals surface area contributed by atoms with Crippen LogP contribution in [0.4, 0.5) is 0 Å². The Morgan fingerprint density at radius 1 is 0.696 bits per heavy atom. The van der Waals surface area contributed by atoms with Crippen molar-refractivity contribution in [1.82, 2.24) is 0 Å². The summed E-state index contributed by atoms with van der Waals surface area (Å²) in [6.45, 7) is 6.15. The molecule has 3 nitrogen and oxygen atoms in total. The van der Waals surface area contributed by atoms with Gasteiger partial charge in [-0.25, -0.2) is 0 Å². The van der Waals surface area contributed by atoms with Crippen LogP contribution in [0.25, 0.3) is 0 Å². The molecule has 0 aromatic carbocycles. The Kier molecular flexibility index (Phi) is 19.8. The van der Waals surface area contributed by atoms with Gasteiger partial charge in [0.15, 0.2) is 0 Å². The average Bonchev–Trinajstić information content (AvgIpc) is 2.55. The van der Waals surface area contributed by atoms with Crippen molar-refractivity contribution in [1.29, 1.82) is 0 Å². The smallest absolute Gasteiger partial charge is 0.0704 e. The fraction of sp³-hybridized carbons (Fsp3) is 1.00. The molecule has 0 saturated heterocycles. The predicted molar refractivity (Wildman–Crippen MR) is 99.0 cm³/mol. The van der Waals surface area contributed by atoms with Crippen molar-refractivity contribution < 1.29 is 14.6 Å². The van der Waals surface area contributed by atoms with E-state index in [1.165, 1.54) is 77.0 Å². The first-order chi connectivity index (χ1) is 11.3. The van der Waals surface area contributed by atoms with Crippen molar-refractivity contribution in [3.63, 3.8) is 0 Å². The highest BCUT2D eigenvalue weighted by atomic mass is 16.5. The number of hydrogen-bond donors (Lipinski definition) is 1. The molecule has 0 bridgehead atoms. The highest BCUT2D eigenvalue weighted by molar-refractivity contribution is 4.53. The summed E-state index contributed by atoms with van der Waals surface area (Å²) in [6.07, 6.45) is 18.2. The fourth-order valence-corrected chi connectivity index (χ4v) is 2.83. The van der Waals surface area contributed by atoms with Crippen LogP contribution >= 0.6 is 0 Å². The van der Waals surface area contributed by atoms with Gasteiger partial charge in [-0.1, -0.05) is 84.0 Å². The van der Waals surface area contributed by atoms with Gasteiger partial charge >= 0.3 is 0 Å². The zero-order valence-electron chi connectivity index (χ0n) is 15.9. The Balaban J connectivity index is 3.08. The molecule has 0 aromatic heterocycles. The Morgan fingerprint density at radius 2 is 1.22 bits per heavy atom. The molecule has 1 unspecified atom stereocenters. The third-order valence-electron chi connectivity index (χ3n) is 4.33. The molecule has 0 spiro atoms. The summed E-state index contributed by atoms with van der Waals surface area (Å²) < 4.78 is 10.9. The summed E-state index contributed by atoms with van der Waals surface area (Å²) in [6, 6.07) is 0. The zero-order valence-corrected chi connectivity index (χ0v) is 15.9. The normalized spacial score (nSPS) is 12.7. The first-order valence-corrected chi connectivity index (χ1v) is 10.1. The van der Waals surface area contributed by atoms with Gasteiger partial charge in [-0.3, -0.25) is 0 Å². The predicted octanol–water partition coefficient (Wildman–Crippen LogP) is 5.49. The maximum atomic E-state index is 8.59. The van der Waals surface area contributed by atoms with Crippen LogP contribution in [0.3, 0.4) is 0 Å². The number of ether oxygens (including phenoxy) is 2. The Morgan fingerprint density at radius 3 is 1.74 bits per heavy atom. The third kappa shape index (κ3) is 19.8. The van der Waals surface area contributed by atoms with Gasteiger partial charge in [-0.15, -0.1) is 0 Å². The van der Waals surface area contributed by atoms with Crippen LogP contribution in [-0.2, 0) is 9.47 Å². The second kappa shape index (κ2) is 19.9. The Bertz CT molecular complexity index is 209.